The van der Waals surface area contributed by atoms with E-state index in [9.17, 15) is 0 Å². The Morgan fingerprint density at radius 1 is 0.773 bits per heavy atom. The fourth-order valence-corrected chi connectivity index (χ4v) is 2.13. The van der Waals surface area contributed by atoms with Crippen molar-refractivity contribution in [3.05, 3.63) is 79.1 Å². The maximum absolute atomic E-state index is 4.63. The highest BCUT2D eigenvalue weighted by Crippen LogP contribution is 2.22. The van der Waals surface area contributed by atoms with E-state index in [1.165, 1.54) is 0 Å². The Morgan fingerprint density at radius 3 is 1.64 bits per heavy atom. The van der Waals surface area contributed by atoms with Crippen molar-refractivity contribution in [3.63, 3.8) is 0 Å². The molecular weight excluding hydrogens is 270 g/mol. The van der Waals surface area contributed by atoms with Crippen LogP contribution in [-0.4, -0.2) is 15.0 Å². The molecule has 0 saturated carbocycles. The van der Waals surface area contributed by atoms with Crippen LogP contribution in [0.2, 0.25) is 0 Å². The second-order valence-corrected chi connectivity index (χ2v) is 5.10. The first-order valence-electron chi connectivity index (χ1n) is 7.27. The summed E-state index contributed by atoms with van der Waals surface area (Å²) in [6.07, 6.45) is 1.85. The van der Waals surface area contributed by atoms with E-state index in [4.69, 9.17) is 0 Å². The van der Waals surface area contributed by atoms with Gasteiger partial charge in [-0.2, -0.15) is 0 Å². The van der Waals surface area contributed by atoms with Crippen LogP contribution in [0.3, 0.4) is 0 Å². The largest absolute Gasteiger partial charge is 0.212 e. The molecule has 0 radical (unpaired) electrons. The zero-order valence-electron chi connectivity index (χ0n) is 12.5. The maximum Gasteiger partial charge on any atom is 0.163 e. The van der Waals surface area contributed by atoms with Gasteiger partial charge in [0.25, 0.3) is 0 Å². The summed E-state index contributed by atoms with van der Waals surface area (Å²) in [5, 5.41) is 0. The summed E-state index contributed by atoms with van der Waals surface area (Å²) in [5.74, 6) is 2.20. The first-order valence-corrected chi connectivity index (χ1v) is 7.27. The van der Waals surface area contributed by atoms with Gasteiger partial charge in [-0.05, 0) is 0 Å². The molecule has 22 heavy (non-hydrogen) atoms. The molecule has 1 aromatic heterocycles. The Labute approximate surface area is 130 Å². The van der Waals surface area contributed by atoms with Gasteiger partial charge in [-0.3, -0.25) is 0 Å². The van der Waals surface area contributed by atoms with Crippen molar-refractivity contribution in [3.8, 4) is 22.8 Å². The van der Waals surface area contributed by atoms with E-state index < -0.39 is 0 Å². The third kappa shape index (κ3) is 2.93. The average molecular weight is 287 g/mol. The molecule has 0 amide bonds. The van der Waals surface area contributed by atoms with E-state index in [1.54, 1.807) is 0 Å². The standard InChI is InChI=1S/C19H17N3/c1-3-14(2)17-20-18(15-10-6-4-7-11-15)22-19(21-17)16-12-8-5-9-13-16/h3-14H,1H2,2H3. The van der Waals surface area contributed by atoms with Gasteiger partial charge in [-0.25, -0.2) is 15.0 Å². The van der Waals surface area contributed by atoms with Crippen LogP contribution in [0.15, 0.2) is 73.3 Å². The van der Waals surface area contributed by atoms with E-state index >= 15 is 0 Å². The Balaban J connectivity index is 2.16. The number of benzene rings is 2. The van der Waals surface area contributed by atoms with Crippen molar-refractivity contribution in [2.75, 3.05) is 0 Å². The molecule has 3 aromatic rings. The van der Waals surface area contributed by atoms with E-state index in [-0.39, 0.29) is 5.92 Å². The van der Waals surface area contributed by atoms with Crippen LogP contribution in [-0.2, 0) is 0 Å². The summed E-state index contributed by atoms with van der Waals surface area (Å²) < 4.78 is 0. The highest BCUT2D eigenvalue weighted by molar-refractivity contribution is 5.60. The predicted molar refractivity (Wildman–Crippen MR) is 89.3 cm³/mol. The van der Waals surface area contributed by atoms with Crippen molar-refractivity contribution in [1.82, 2.24) is 15.0 Å². The lowest BCUT2D eigenvalue weighted by Crippen LogP contribution is -2.04. The molecule has 0 saturated heterocycles. The highest BCUT2D eigenvalue weighted by atomic mass is 15.0. The second kappa shape index (κ2) is 6.31. The van der Waals surface area contributed by atoms with Crippen molar-refractivity contribution in [1.29, 1.82) is 0 Å². The van der Waals surface area contributed by atoms with Gasteiger partial charge in [0.1, 0.15) is 5.82 Å². The topological polar surface area (TPSA) is 38.7 Å². The Bertz CT molecular complexity index is 709. The summed E-state index contributed by atoms with van der Waals surface area (Å²) in [7, 11) is 0. The lowest BCUT2D eigenvalue weighted by atomic mass is 10.1. The lowest BCUT2D eigenvalue weighted by Gasteiger charge is -2.10. The summed E-state index contributed by atoms with van der Waals surface area (Å²) >= 11 is 0. The van der Waals surface area contributed by atoms with Gasteiger partial charge in [-0.15, -0.1) is 6.58 Å². The lowest BCUT2D eigenvalue weighted by molar-refractivity contribution is 0.829. The zero-order chi connectivity index (χ0) is 15.4. The van der Waals surface area contributed by atoms with Crippen LogP contribution in [0.4, 0.5) is 0 Å². The summed E-state index contributed by atoms with van der Waals surface area (Å²) in [6.45, 7) is 5.88. The number of hydrogen-bond donors (Lipinski definition) is 0. The van der Waals surface area contributed by atoms with E-state index in [0.717, 1.165) is 17.0 Å². The third-order valence-corrected chi connectivity index (χ3v) is 3.48. The van der Waals surface area contributed by atoms with Crippen LogP contribution < -0.4 is 0 Å². The fourth-order valence-electron chi connectivity index (χ4n) is 2.13. The Hall–Kier alpha value is -2.81. The number of aromatic nitrogens is 3. The quantitative estimate of drug-likeness (QED) is 0.663. The molecule has 3 rings (SSSR count). The molecule has 0 N–H and O–H groups in total. The third-order valence-electron chi connectivity index (χ3n) is 3.48. The summed E-state index contributed by atoms with van der Waals surface area (Å²) in [5.41, 5.74) is 1.97. The van der Waals surface area contributed by atoms with E-state index in [1.807, 2.05) is 73.7 Å². The number of nitrogens with zero attached hydrogens (tertiary/aromatic N) is 3. The van der Waals surface area contributed by atoms with Crippen LogP contribution in [0.5, 0.6) is 0 Å². The molecule has 0 aliphatic rings. The first-order chi connectivity index (χ1) is 10.8. The summed E-state index contributed by atoms with van der Waals surface area (Å²) in [6, 6.07) is 19.9. The van der Waals surface area contributed by atoms with E-state index in [2.05, 4.69) is 21.5 Å². The first kappa shape index (κ1) is 14.1. The minimum absolute atomic E-state index is 0.0768. The Kier molecular flexibility index (Phi) is 4.05. The van der Waals surface area contributed by atoms with Crippen molar-refractivity contribution >= 4 is 0 Å². The van der Waals surface area contributed by atoms with Gasteiger partial charge in [0, 0.05) is 17.0 Å². The molecule has 0 bridgehead atoms. The van der Waals surface area contributed by atoms with Crippen LogP contribution in [0.1, 0.15) is 18.7 Å². The molecule has 0 aliphatic heterocycles. The molecule has 3 nitrogen and oxygen atoms in total. The minimum atomic E-state index is 0.0768. The average Bonchev–Trinajstić information content (AvgIpc) is 2.62. The molecule has 0 spiro atoms. The van der Waals surface area contributed by atoms with Crippen molar-refractivity contribution in [2.45, 2.75) is 12.8 Å². The molecule has 1 atom stereocenters. The van der Waals surface area contributed by atoms with Gasteiger partial charge < -0.3 is 0 Å². The highest BCUT2D eigenvalue weighted by Gasteiger charge is 2.12. The zero-order valence-corrected chi connectivity index (χ0v) is 12.5. The second-order valence-electron chi connectivity index (χ2n) is 5.10. The van der Waals surface area contributed by atoms with Gasteiger partial charge in [0.2, 0.25) is 0 Å². The molecule has 0 fully saturated rings. The minimum Gasteiger partial charge on any atom is -0.212 e. The van der Waals surface area contributed by atoms with Gasteiger partial charge in [0.15, 0.2) is 11.6 Å². The van der Waals surface area contributed by atoms with Crippen molar-refractivity contribution in [2.24, 2.45) is 0 Å². The van der Waals surface area contributed by atoms with Crippen LogP contribution in [0.25, 0.3) is 22.8 Å². The summed E-state index contributed by atoms with van der Waals surface area (Å²) in [4.78, 5) is 13.8. The Morgan fingerprint density at radius 2 is 1.23 bits per heavy atom. The van der Waals surface area contributed by atoms with Crippen molar-refractivity contribution < 1.29 is 0 Å². The molecule has 0 aliphatic carbocycles. The number of allylic oxidation sites excluding steroid dienone is 1. The van der Waals surface area contributed by atoms with Crippen LogP contribution in [0, 0.1) is 0 Å². The fraction of sp³-hybridized carbons (Fsp3) is 0.105. The molecular formula is C19H17N3. The maximum atomic E-state index is 4.63. The van der Waals surface area contributed by atoms with Crippen LogP contribution >= 0.6 is 0 Å². The SMILES string of the molecule is C=CC(C)c1nc(-c2ccccc2)nc(-c2ccccc2)n1. The molecule has 2 aromatic carbocycles. The predicted octanol–water partition coefficient (Wildman–Crippen LogP) is 4.50. The molecule has 108 valence electrons. The van der Waals surface area contributed by atoms with Gasteiger partial charge in [0.05, 0.1) is 0 Å². The molecule has 1 unspecified atom stereocenters. The van der Waals surface area contributed by atoms with Gasteiger partial charge >= 0.3 is 0 Å². The molecule has 1 heterocycles. The van der Waals surface area contributed by atoms with Gasteiger partial charge in [-0.1, -0.05) is 73.7 Å². The number of rotatable bonds is 4. The molecule has 3 heteroatoms. The monoisotopic (exact) mass is 287 g/mol. The smallest absolute Gasteiger partial charge is 0.163 e. The normalized spacial score (nSPS) is 11.9. The van der Waals surface area contributed by atoms with E-state index in [0.29, 0.717) is 11.6 Å². The number of hydrogen-bond acceptors (Lipinski definition) is 3.